The van der Waals surface area contributed by atoms with Gasteiger partial charge >= 0.3 is 5.97 Å². The predicted molar refractivity (Wildman–Crippen MR) is 109 cm³/mol. The predicted octanol–water partition coefficient (Wildman–Crippen LogP) is 4.89. The van der Waals surface area contributed by atoms with Crippen LogP contribution in [0.2, 0.25) is 5.02 Å². The molecule has 8 heteroatoms. The number of para-hydroxylation sites is 1. The molecule has 0 spiro atoms. The zero-order chi connectivity index (χ0) is 19.1. The lowest BCUT2D eigenvalue weighted by molar-refractivity contribution is -0.140. The van der Waals surface area contributed by atoms with Gasteiger partial charge in [-0.1, -0.05) is 23.7 Å². The van der Waals surface area contributed by atoms with Crippen molar-refractivity contribution in [3.8, 4) is 0 Å². The van der Waals surface area contributed by atoms with Crippen molar-refractivity contribution in [3.63, 3.8) is 0 Å². The van der Waals surface area contributed by atoms with Crippen molar-refractivity contribution in [3.05, 3.63) is 56.5 Å². The number of aliphatic carboxylic acids is 1. The highest BCUT2D eigenvalue weighted by Crippen LogP contribution is 2.36. The second-order valence-electron chi connectivity index (χ2n) is 6.39. The number of amides is 1. The lowest BCUT2D eigenvalue weighted by Gasteiger charge is -2.33. The van der Waals surface area contributed by atoms with Crippen molar-refractivity contribution >= 4 is 66.6 Å². The van der Waals surface area contributed by atoms with Gasteiger partial charge in [-0.2, -0.15) is 0 Å². The first-order chi connectivity index (χ1) is 12.9. The zero-order valence-electron chi connectivity index (χ0n) is 14.0. The van der Waals surface area contributed by atoms with E-state index in [-0.39, 0.29) is 18.9 Å². The molecule has 0 saturated heterocycles. The van der Waals surface area contributed by atoms with Crippen molar-refractivity contribution in [2.45, 2.75) is 19.4 Å². The molecular formula is C19H14BrClN2O3S. The van der Waals surface area contributed by atoms with E-state index in [1.807, 2.05) is 24.3 Å². The summed E-state index contributed by atoms with van der Waals surface area (Å²) in [5.41, 5.74) is 2.51. The quantitative estimate of drug-likeness (QED) is 0.595. The lowest BCUT2D eigenvalue weighted by Crippen LogP contribution is -2.41. The Balaban J connectivity index is 1.74. The highest BCUT2D eigenvalue weighted by Gasteiger charge is 2.34. The Bertz CT molecular complexity index is 1070. The SMILES string of the molecule is O=C(O)CC1Cc2ccc(Cl)cc2N(Cc2nc3c(Br)cccc3s2)C1=O. The molecule has 0 saturated carbocycles. The molecular weight excluding hydrogens is 452 g/mol. The van der Waals surface area contributed by atoms with Crippen LogP contribution in [0, 0.1) is 5.92 Å². The summed E-state index contributed by atoms with van der Waals surface area (Å²) in [4.78, 5) is 30.5. The van der Waals surface area contributed by atoms with Crippen LogP contribution in [-0.2, 0) is 22.6 Å². The topological polar surface area (TPSA) is 70.5 Å². The van der Waals surface area contributed by atoms with Crippen LogP contribution in [0.5, 0.6) is 0 Å². The molecule has 1 N–H and O–H groups in total. The molecule has 0 bridgehead atoms. The van der Waals surface area contributed by atoms with E-state index in [9.17, 15) is 14.7 Å². The summed E-state index contributed by atoms with van der Waals surface area (Å²) in [5.74, 6) is -1.77. The molecule has 5 nitrogen and oxygen atoms in total. The first-order valence-corrected chi connectivity index (χ1v) is 10.3. The summed E-state index contributed by atoms with van der Waals surface area (Å²) in [7, 11) is 0. The first kappa shape index (κ1) is 18.4. The fourth-order valence-corrected chi connectivity index (χ4v) is 5.09. The molecule has 2 aromatic carbocycles. The van der Waals surface area contributed by atoms with Crippen molar-refractivity contribution in [2.24, 2.45) is 5.92 Å². The molecule has 3 aromatic rings. The normalized spacial score (nSPS) is 16.6. The van der Waals surface area contributed by atoms with Gasteiger partial charge in [-0.25, -0.2) is 4.98 Å². The van der Waals surface area contributed by atoms with Gasteiger partial charge in [0.25, 0.3) is 0 Å². The number of carboxylic acid groups (broad SMARTS) is 1. The smallest absolute Gasteiger partial charge is 0.304 e. The number of hydrogen-bond donors (Lipinski definition) is 1. The number of nitrogens with zero attached hydrogens (tertiary/aromatic N) is 2. The molecule has 2 heterocycles. The Kier molecular flexibility index (Phi) is 4.92. The van der Waals surface area contributed by atoms with E-state index in [2.05, 4.69) is 20.9 Å². The third-order valence-electron chi connectivity index (χ3n) is 4.55. The third-order valence-corrected chi connectivity index (χ3v) is 6.43. The molecule has 1 aromatic heterocycles. The van der Waals surface area contributed by atoms with Crippen molar-refractivity contribution < 1.29 is 14.7 Å². The van der Waals surface area contributed by atoms with E-state index in [1.165, 1.54) is 11.3 Å². The zero-order valence-corrected chi connectivity index (χ0v) is 17.1. The minimum atomic E-state index is -0.977. The van der Waals surface area contributed by atoms with Crippen LogP contribution >= 0.6 is 38.9 Å². The molecule has 4 rings (SSSR count). The number of carbonyl (C=O) groups is 2. The molecule has 27 heavy (non-hydrogen) atoms. The first-order valence-electron chi connectivity index (χ1n) is 8.28. The lowest BCUT2D eigenvalue weighted by atomic mass is 9.89. The monoisotopic (exact) mass is 464 g/mol. The van der Waals surface area contributed by atoms with Crippen LogP contribution < -0.4 is 4.90 Å². The fraction of sp³-hybridized carbons (Fsp3) is 0.211. The van der Waals surface area contributed by atoms with E-state index < -0.39 is 11.9 Å². The molecule has 1 aliphatic rings. The molecule has 0 fully saturated rings. The van der Waals surface area contributed by atoms with Crippen molar-refractivity contribution in [1.82, 2.24) is 4.98 Å². The summed E-state index contributed by atoms with van der Waals surface area (Å²) in [5, 5.41) is 10.5. The van der Waals surface area contributed by atoms with Gasteiger partial charge in [0.2, 0.25) is 5.91 Å². The fourth-order valence-electron chi connectivity index (χ4n) is 3.35. The largest absolute Gasteiger partial charge is 0.481 e. The second kappa shape index (κ2) is 7.22. The number of carbonyl (C=O) groups excluding carboxylic acids is 1. The van der Waals surface area contributed by atoms with Gasteiger partial charge in [0.05, 0.1) is 29.1 Å². The van der Waals surface area contributed by atoms with E-state index in [1.54, 1.807) is 17.0 Å². The number of anilines is 1. The van der Waals surface area contributed by atoms with Gasteiger partial charge in [-0.15, -0.1) is 11.3 Å². The van der Waals surface area contributed by atoms with Crippen LogP contribution in [0.4, 0.5) is 5.69 Å². The van der Waals surface area contributed by atoms with Crippen LogP contribution in [-0.4, -0.2) is 22.0 Å². The van der Waals surface area contributed by atoms with E-state index >= 15 is 0 Å². The molecule has 0 radical (unpaired) electrons. The van der Waals surface area contributed by atoms with E-state index in [4.69, 9.17) is 11.6 Å². The maximum absolute atomic E-state index is 13.0. The van der Waals surface area contributed by atoms with E-state index in [0.717, 1.165) is 30.9 Å². The Morgan fingerprint density at radius 2 is 2.19 bits per heavy atom. The number of fused-ring (bicyclic) bond motifs is 2. The standard InChI is InChI=1S/C19H14BrClN2O3S/c20-13-2-1-3-15-18(13)22-16(27-15)9-23-14-8-12(21)5-4-10(14)6-11(19(23)26)7-17(24)25/h1-5,8,11H,6-7,9H2,(H,24,25). The number of benzene rings is 2. The third kappa shape index (κ3) is 3.59. The summed E-state index contributed by atoms with van der Waals surface area (Å²) in [6.45, 7) is 0.286. The summed E-state index contributed by atoms with van der Waals surface area (Å²) < 4.78 is 1.93. The van der Waals surface area contributed by atoms with Crippen molar-refractivity contribution in [1.29, 1.82) is 0 Å². The Morgan fingerprint density at radius 3 is 2.93 bits per heavy atom. The number of thiazole rings is 1. The number of rotatable bonds is 4. The average molecular weight is 466 g/mol. The Hall–Kier alpha value is -1.96. The maximum Gasteiger partial charge on any atom is 0.304 e. The number of carboxylic acids is 1. The van der Waals surface area contributed by atoms with Crippen molar-refractivity contribution in [2.75, 3.05) is 4.90 Å². The molecule has 1 aliphatic heterocycles. The molecule has 1 atom stereocenters. The number of hydrogen-bond acceptors (Lipinski definition) is 4. The second-order valence-corrected chi connectivity index (χ2v) is 8.80. The van der Waals surface area contributed by atoms with Gasteiger partial charge < -0.3 is 10.0 Å². The minimum Gasteiger partial charge on any atom is -0.481 e. The van der Waals surface area contributed by atoms with Gasteiger partial charge in [-0.3, -0.25) is 9.59 Å². The van der Waals surface area contributed by atoms with Crippen LogP contribution in [0.15, 0.2) is 40.9 Å². The minimum absolute atomic E-state index is 0.192. The molecule has 1 amide bonds. The van der Waals surface area contributed by atoms with Gasteiger partial charge in [-0.05, 0) is 52.2 Å². The summed E-state index contributed by atoms with van der Waals surface area (Å²) in [6.07, 6.45) is 0.211. The highest BCUT2D eigenvalue weighted by molar-refractivity contribution is 9.10. The summed E-state index contributed by atoms with van der Waals surface area (Å²) in [6, 6.07) is 11.2. The van der Waals surface area contributed by atoms with E-state index in [0.29, 0.717) is 11.4 Å². The van der Waals surface area contributed by atoms with Gasteiger partial charge in [0, 0.05) is 15.2 Å². The van der Waals surface area contributed by atoms with Gasteiger partial charge in [0.1, 0.15) is 5.01 Å². The number of aromatic nitrogens is 1. The Labute approximate surface area is 172 Å². The molecule has 138 valence electrons. The molecule has 0 aliphatic carbocycles. The van der Waals surface area contributed by atoms with Gasteiger partial charge in [0.15, 0.2) is 0 Å². The average Bonchev–Trinajstić information content (AvgIpc) is 3.03. The highest BCUT2D eigenvalue weighted by atomic mass is 79.9. The number of halogens is 2. The molecule has 1 unspecified atom stereocenters. The van der Waals surface area contributed by atoms with Crippen LogP contribution in [0.3, 0.4) is 0 Å². The van der Waals surface area contributed by atoms with Crippen LogP contribution in [0.1, 0.15) is 17.0 Å². The van der Waals surface area contributed by atoms with Crippen LogP contribution in [0.25, 0.3) is 10.2 Å². The summed E-state index contributed by atoms with van der Waals surface area (Å²) >= 11 is 11.2. The maximum atomic E-state index is 13.0. The Morgan fingerprint density at radius 1 is 1.37 bits per heavy atom.